The molecule has 3 rings (SSSR count). The summed E-state index contributed by atoms with van der Waals surface area (Å²) >= 11 is 6.65. The van der Waals surface area contributed by atoms with Crippen molar-refractivity contribution in [2.75, 3.05) is 11.9 Å². The van der Waals surface area contributed by atoms with E-state index in [0.717, 1.165) is 27.8 Å². The van der Waals surface area contributed by atoms with Crippen molar-refractivity contribution in [2.24, 2.45) is 0 Å². The van der Waals surface area contributed by atoms with Crippen molar-refractivity contribution in [3.8, 4) is 0 Å². The lowest BCUT2D eigenvalue weighted by atomic mass is 10.2. The van der Waals surface area contributed by atoms with Crippen LogP contribution in [-0.4, -0.2) is 28.5 Å². The molecule has 1 aliphatic rings. The summed E-state index contributed by atoms with van der Waals surface area (Å²) < 4.78 is 0. The molecule has 0 saturated carbocycles. The Morgan fingerprint density at radius 3 is 2.62 bits per heavy atom. The first-order valence-electron chi connectivity index (χ1n) is 7.80. The number of hydrogen-bond donors (Lipinski definition) is 1. The van der Waals surface area contributed by atoms with E-state index in [-0.39, 0.29) is 11.4 Å². The van der Waals surface area contributed by atoms with Crippen molar-refractivity contribution >= 4 is 52.2 Å². The van der Waals surface area contributed by atoms with E-state index >= 15 is 0 Å². The van der Waals surface area contributed by atoms with Crippen molar-refractivity contribution in [1.29, 1.82) is 0 Å². The van der Waals surface area contributed by atoms with Crippen LogP contribution in [0.3, 0.4) is 0 Å². The molecule has 0 bridgehead atoms. The number of nitrogens with zero attached hydrogens (tertiary/aromatic N) is 1. The molecule has 0 atom stereocenters. The van der Waals surface area contributed by atoms with Gasteiger partial charge in [-0.1, -0.05) is 35.9 Å². The second-order valence-electron chi connectivity index (χ2n) is 5.74. The van der Waals surface area contributed by atoms with Gasteiger partial charge in [0.1, 0.15) is 6.54 Å². The molecule has 2 aromatic carbocycles. The molecule has 2 aromatic rings. The number of nitrogens with one attached hydrogen (secondary N) is 1. The highest BCUT2D eigenvalue weighted by atomic mass is 35.5. The fraction of sp³-hybridized carbons (Fsp3) is 0.105. The van der Waals surface area contributed by atoms with Crippen molar-refractivity contribution < 1.29 is 14.4 Å². The van der Waals surface area contributed by atoms with Crippen LogP contribution in [0.4, 0.5) is 10.5 Å². The van der Waals surface area contributed by atoms with Gasteiger partial charge in [0.2, 0.25) is 5.91 Å². The zero-order valence-electron chi connectivity index (χ0n) is 13.9. The molecule has 3 amide bonds. The third-order valence-electron chi connectivity index (χ3n) is 3.64. The quantitative estimate of drug-likeness (QED) is 0.794. The van der Waals surface area contributed by atoms with Crippen LogP contribution < -0.4 is 5.32 Å². The number of thioether (sulfide) groups is 1. The number of aryl methyl sites for hydroxylation is 1. The molecular formula is C19H15ClN2O3S. The summed E-state index contributed by atoms with van der Waals surface area (Å²) in [5.74, 6) is -0.903. The van der Waals surface area contributed by atoms with Crippen molar-refractivity contribution in [3.63, 3.8) is 0 Å². The molecule has 1 N–H and O–H groups in total. The van der Waals surface area contributed by atoms with Gasteiger partial charge in [0.25, 0.3) is 11.1 Å². The number of amides is 3. The maximum absolute atomic E-state index is 12.4. The Morgan fingerprint density at radius 2 is 1.92 bits per heavy atom. The van der Waals surface area contributed by atoms with E-state index in [9.17, 15) is 14.4 Å². The number of rotatable bonds is 4. The average Bonchev–Trinajstić information content (AvgIpc) is 2.84. The summed E-state index contributed by atoms with van der Waals surface area (Å²) in [5, 5.41) is 2.82. The zero-order valence-corrected chi connectivity index (χ0v) is 15.4. The molecule has 0 aliphatic carbocycles. The van der Waals surface area contributed by atoms with Gasteiger partial charge in [0.05, 0.1) is 4.91 Å². The fourth-order valence-electron chi connectivity index (χ4n) is 2.41. The molecule has 1 aliphatic heterocycles. The van der Waals surface area contributed by atoms with E-state index in [1.807, 2.05) is 25.1 Å². The van der Waals surface area contributed by atoms with Crippen molar-refractivity contribution in [2.45, 2.75) is 6.92 Å². The van der Waals surface area contributed by atoms with E-state index in [1.165, 1.54) is 0 Å². The van der Waals surface area contributed by atoms with Crippen LogP contribution >= 0.6 is 23.4 Å². The normalized spacial score (nSPS) is 15.6. The minimum atomic E-state index is -0.477. The molecule has 0 radical (unpaired) electrons. The van der Waals surface area contributed by atoms with E-state index in [1.54, 1.807) is 36.4 Å². The molecule has 1 fully saturated rings. The van der Waals surface area contributed by atoms with Crippen LogP contribution in [0.1, 0.15) is 11.1 Å². The Bertz CT molecular complexity index is 909. The molecular weight excluding hydrogens is 372 g/mol. The Kier molecular flexibility index (Phi) is 5.44. The second kappa shape index (κ2) is 7.76. The van der Waals surface area contributed by atoms with E-state index in [2.05, 4.69) is 5.32 Å². The molecule has 0 unspecified atom stereocenters. The maximum Gasteiger partial charge on any atom is 0.294 e. The van der Waals surface area contributed by atoms with Gasteiger partial charge in [-0.2, -0.15) is 0 Å². The zero-order chi connectivity index (χ0) is 18.7. The predicted octanol–water partition coefficient (Wildman–Crippen LogP) is 4.32. The lowest BCUT2D eigenvalue weighted by Crippen LogP contribution is -2.36. The summed E-state index contributed by atoms with van der Waals surface area (Å²) in [5.41, 5.74) is 2.38. The SMILES string of the molecule is Cc1cccc(NC(=O)CN2C(=O)S/C(=C\c3ccc(Cl)cc3)C2=O)c1. The number of carbonyl (C=O) groups is 3. The minimum absolute atomic E-state index is 0.278. The van der Waals surface area contributed by atoms with Crippen LogP contribution in [0.25, 0.3) is 6.08 Å². The van der Waals surface area contributed by atoms with Crippen LogP contribution in [0.2, 0.25) is 5.02 Å². The highest BCUT2D eigenvalue weighted by Gasteiger charge is 2.36. The maximum atomic E-state index is 12.4. The highest BCUT2D eigenvalue weighted by molar-refractivity contribution is 8.18. The van der Waals surface area contributed by atoms with Crippen molar-refractivity contribution in [3.05, 3.63) is 69.6 Å². The monoisotopic (exact) mass is 386 g/mol. The molecule has 132 valence electrons. The predicted molar refractivity (Wildman–Crippen MR) is 104 cm³/mol. The lowest BCUT2D eigenvalue weighted by molar-refractivity contribution is -0.127. The Balaban J connectivity index is 1.69. The molecule has 1 heterocycles. The molecule has 1 saturated heterocycles. The molecule has 0 aromatic heterocycles. The second-order valence-corrected chi connectivity index (χ2v) is 7.17. The Hall–Kier alpha value is -2.57. The first-order chi connectivity index (χ1) is 12.4. The number of halogens is 1. The van der Waals surface area contributed by atoms with E-state index in [0.29, 0.717) is 10.7 Å². The van der Waals surface area contributed by atoms with Gasteiger partial charge in [-0.3, -0.25) is 19.3 Å². The van der Waals surface area contributed by atoms with E-state index < -0.39 is 17.1 Å². The third kappa shape index (κ3) is 4.33. The fourth-order valence-corrected chi connectivity index (χ4v) is 3.38. The molecule has 26 heavy (non-hydrogen) atoms. The first-order valence-corrected chi connectivity index (χ1v) is 8.99. The summed E-state index contributed by atoms with van der Waals surface area (Å²) in [6.07, 6.45) is 1.61. The average molecular weight is 387 g/mol. The molecule has 5 nitrogen and oxygen atoms in total. The minimum Gasteiger partial charge on any atom is -0.325 e. The van der Waals surface area contributed by atoms with Crippen LogP contribution in [0, 0.1) is 6.92 Å². The number of hydrogen-bond acceptors (Lipinski definition) is 4. The Morgan fingerprint density at radius 1 is 1.19 bits per heavy atom. The van der Waals surface area contributed by atoms with Crippen molar-refractivity contribution in [1.82, 2.24) is 4.90 Å². The van der Waals surface area contributed by atoms with Gasteiger partial charge < -0.3 is 5.32 Å². The van der Waals surface area contributed by atoms with Gasteiger partial charge in [0, 0.05) is 10.7 Å². The summed E-state index contributed by atoms with van der Waals surface area (Å²) in [6, 6.07) is 14.2. The number of carbonyl (C=O) groups excluding carboxylic acids is 3. The Labute approximate surface area is 160 Å². The molecule has 0 spiro atoms. The van der Waals surface area contributed by atoms with Crippen LogP contribution in [-0.2, 0) is 9.59 Å². The molecule has 7 heteroatoms. The standard InChI is InChI=1S/C19H15ClN2O3S/c1-12-3-2-4-15(9-12)21-17(23)11-22-18(24)16(26-19(22)25)10-13-5-7-14(20)8-6-13/h2-10H,11H2,1H3,(H,21,23)/b16-10-. The smallest absolute Gasteiger partial charge is 0.294 e. The van der Waals surface area contributed by atoms with Crippen LogP contribution in [0.15, 0.2) is 53.4 Å². The largest absolute Gasteiger partial charge is 0.325 e. The summed E-state index contributed by atoms with van der Waals surface area (Å²) in [6.45, 7) is 1.59. The number of imide groups is 1. The van der Waals surface area contributed by atoms with Crippen LogP contribution in [0.5, 0.6) is 0 Å². The van der Waals surface area contributed by atoms with Gasteiger partial charge in [-0.05, 0) is 60.2 Å². The number of anilines is 1. The van der Waals surface area contributed by atoms with Gasteiger partial charge >= 0.3 is 0 Å². The summed E-state index contributed by atoms with van der Waals surface area (Å²) in [7, 11) is 0. The highest BCUT2D eigenvalue weighted by Crippen LogP contribution is 2.32. The third-order valence-corrected chi connectivity index (χ3v) is 4.80. The summed E-state index contributed by atoms with van der Waals surface area (Å²) in [4.78, 5) is 37.9. The topological polar surface area (TPSA) is 66.5 Å². The van der Waals surface area contributed by atoms with E-state index in [4.69, 9.17) is 11.6 Å². The number of benzene rings is 2. The van der Waals surface area contributed by atoms with Gasteiger partial charge in [-0.25, -0.2) is 0 Å². The van der Waals surface area contributed by atoms with Gasteiger partial charge in [-0.15, -0.1) is 0 Å². The van der Waals surface area contributed by atoms with Gasteiger partial charge in [0.15, 0.2) is 0 Å². The first kappa shape index (κ1) is 18.2. The lowest BCUT2D eigenvalue weighted by Gasteiger charge is -2.12.